The summed E-state index contributed by atoms with van der Waals surface area (Å²) in [7, 11) is 0. The summed E-state index contributed by atoms with van der Waals surface area (Å²) in [6.07, 6.45) is -0.152. The highest BCUT2D eigenvalue weighted by Crippen LogP contribution is 2.45. The van der Waals surface area contributed by atoms with Crippen LogP contribution in [0.2, 0.25) is 5.02 Å². The number of hydrogen-bond acceptors (Lipinski definition) is 6. The standard InChI is InChI=1S/C17H14ClFN4O3/c1-2-25-12(24)6-11-15-13(14-9(18)4-3-5-10(14)19)8(7-20)16(21)26-17(15)23-22-11/h3-5,13H,2,6,21H2,1H3,(H,22,23). The topological polar surface area (TPSA) is 114 Å². The molecule has 0 radical (unpaired) electrons. The normalized spacial score (nSPS) is 15.8. The number of carbonyl (C=O) groups is 1. The van der Waals surface area contributed by atoms with Crippen LogP contribution in [0, 0.1) is 17.1 Å². The largest absolute Gasteiger partial charge is 0.466 e. The van der Waals surface area contributed by atoms with Crippen LogP contribution in [0.15, 0.2) is 29.7 Å². The number of aromatic amines is 1. The van der Waals surface area contributed by atoms with E-state index in [-0.39, 0.29) is 40.9 Å². The number of ether oxygens (including phenoxy) is 2. The molecule has 26 heavy (non-hydrogen) atoms. The lowest BCUT2D eigenvalue weighted by Crippen LogP contribution is -2.22. The van der Waals surface area contributed by atoms with Gasteiger partial charge in [0.05, 0.1) is 30.2 Å². The maximum atomic E-state index is 14.6. The van der Waals surface area contributed by atoms with Gasteiger partial charge in [0, 0.05) is 10.6 Å². The van der Waals surface area contributed by atoms with E-state index in [0.29, 0.717) is 11.3 Å². The second-order valence-corrected chi connectivity index (χ2v) is 5.87. The minimum absolute atomic E-state index is 0.0176. The van der Waals surface area contributed by atoms with E-state index >= 15 is 0 Å². The summed E-state index contributed by atoms with van der Waals surface area (Å²) in [5.41, 5.74) is 6.52. The Labute approximate surface area is 153 Å². The minimum atomic E-state index is -0.958. The number of allylic oxidation sites excluding steroid dienone is 1. The molecule has 1 aromatic carbocycles. The molecule has 3 N–H and O–H groups in total. The van der Waals surface area contributed by atoms with Crippen LogP contribution in [-0.4, -0.2) is 22.8 Å². The monoisotopic (exact) mass is 376 g/mol. The highest BCUT2D eigenvalue weighted by Gasteiger charge is 2.38. The van der Waals surface area contributed by atoms with Crippen molar-refractivity contribution in [1.29, 1.82) is 5.26 Å². The predicted molar refractivity (Wildman–Crippen MR) is 89.6 cm³/mol. The van der Waals surface area contributed by atoms with Gasteiger partial charge >= 0.3 is 5.97 Å². The van der Waals surface area contributed by atoms with E-state index in [4.69, 9.17) is 26.8 Å². The number of benzene rings is 1. The highest BCUT2D eigenvalue weighted by atomic mass is 35.5. The third-order valence-corrected chi connectivity index (χ3v) is 4.26. The fraction of sp³-hybridized carbons (Fsp3) is 0.235. The molecule has 0 aliphatic carbocycles. The molecule has 1 unspecified atom stereocenters. The average molecular weight is 377 g/mol. The molecule has 1 atom stereocenters. The number of halogens is 2. The third kappa shape index (κ3) is 2.97. The van der Waals surface area contributed by atoms with Gasteiger partial charge in [-0.2, -0.15) is 5.26 Å². The first-order valence-electron chi connectivity index (χ1n) is 7.72. The predicted octanol–water partition coefficient (Wildman–Crippen LogP) is 2.53. The number of nitrogens with two attached hydrogens (primary N) is 1. The van der Waals surface area contributed by atoms with Crippen LogP contribution >= 0.6 is 11.6 Å². The van der Waals surface area contributed by atoms with Crippen LogP contribution in [-0.2, 0) is 16.0 Å². The lowest BCUT2D eigenvalue weighted by atomic mass is 9.83. The molecule has 9 heteroatoms. The number of nitrogens with zero attached hydrogens (tertiary/aromatic N) is 2. The van der Waals surface area contributed by atoms with Crippen LogP contribution in [0.4, 0.5) is 4.39 Å². The van der Waals surface area contributed by atoms with Gasteiger partial charge in [0.25, 0.3) is 0 Å². The molecule has 0 amide bonds. The number of esters is 1. The summed E-state index contributed by atoms with van der Waals surface area (Å²) >= 11 is 6.20. The summed E-state index contributed by atoms with van der Waals surface area (Å²) in [4.78, 5) is 11.9. The molecule has 1 aliphatic heterocycles. The molecule has 1 aliphatic rings. The van der Waals surface area contributed by atoms with Crippen molar-refractivity contribution in [2.45, 2.75) is 19.3 Å². The Balaban J connectivity index is 2.19. The first-order chi connectivity index (χ1) is 12.5. The molecule has 2 heterocycles. The average Bonchev–Trinajstić information content (AvgIpc) is 2.96. The van der Waals surface area contributed by atoms with Crippen LogP contribution in [0.25, 0.3) is 0 Å². The van der Waals surface area contributed by atoms with Crippen molar-refractivity contribution >= 4 is 17.6 Å². The maximum Gasteiger partial charge on any atom is 0.311 e. The molecule has 0 saturated heterocycles. The van der Waals surface area contributed by atoms with Crippen LogP contribution < -0.4 is 10.5 Å². The Bertz CT molecular complexity index is 928. The van der Waals surface area contributed by atoms with Gasteiger partial charge in [0.15, 0.2) is 0 Å². The zero-order valence-electron chi connectivity index (χ0n) is 13.7. The molecular formula is C17H14ClFN4O3. The van der Waals surface area contributed by atoms with Crippen molar-refractivity contribution < 1.29 is 18.7 Å². The molecule has 0 bridgehead atoms. The Kier molecular flexibility index (Phi) is 4.82. The van der Waals surface area contributed by atoms with Crippen molar-refractivity contribution in [3.05, 3.63) is 57.3 Å². The van der Waals surface area contributed by atoms with Crippen molar-refractivity contribution in [2.75, 3.05) is 6.61 Å². The number of H-pyrrole nitrogens is 1. The molecule has 7 nitrogen and oxygen atoms in total. The molecule has 0 spiro atoms. The molecule has 3 rings (SSSR count). The second kappa shape index (κ2) is 7.06. The number of rotatable bonds is 4. The van der Waals surface area contributed by atoms with Gasteiger partial charge in [-0.3, -0.25) is 9.89 Å². The maximum absolute atomic E-state index is 14.6. The van der Waals surface area contributed by atoms with Gasteiger partial charge in [-0.05, 0) is 19.1 Å². The molecule has 2 aromatic rings. The van der Waals surface area contributed by atoms with E-state index in [9.17, 15) is 14.4 Å². The van der Waals surface area contributed by atoms with Crippen LogP contribution in [0.1, 0.15) is 29.7 Å². The van der Waals surface area contributed by atoms with Gasteiger partial charge in [-0.1, -0.05) is 17.7 Å². The summed E-state index contributed by atoms with van der Waals surface area (Å²) < 4.78 is 24.9. The minimum Gasteiger partial charge on any atom is -0.466 e. The number of carbonyl (C=O) groups excluding carboxylic acids is 1. The number of nitrogens with one attached hydrogen (secondary N) is 1. The number of aromatic nitrogens is 2. The quantitative estimate of drug-likeness (QED) is 0.792. The molecular weight excluding hydrogens is 363 g/mol. The zero-order chi connectivity index (χ0) is 18.8. The van der Waals surface area contributed by atoms with Gasteiger partial charge in [0.1, 0.15) is 17.5 Å². The van der Waals surface area contributed by atoms with Crippen molar-refractivity contribution in [1.82, 2.24) is 10.2 Å². The second-order valence-electron chi connectivity index (χ2n) is 5.46. The van der Waals surface area contributed by atoms with E-state index in [1.54, 1.807) is 6.92 Å². The van der Waals surface area contributed by atoms with E-state index in [1.165, 1.54) is 18.2 Å². The lowest BCUT2D eigenvalue weighted by molar-refractivity contribution is -0.142. The van der Waals surface area contributed by atoms with Gasteiger partial charge in [-0.25, -0.2) is 4.39 Å². The van der Waals surface area contributed by atoms with E-state index in [0.717, 1.165) is 0 Å². The Hall–Kier alpha value is -3.05. The lowest BCUT2D eigenvalue weighted by Gasteiger charge is -2.25. The van der Waals surface area contributed by atoms with E-state index in [2.05, 4.69) is 10.2 Å². The first kappa shape index (κ1) is 17.8. The number of nitriles is 1. The molecule has 134 valence electrons. The third-order valence-electron chi connectivity index (χ3n) is 3.93. The summed E-state index contributed by atoms with van der Waals surface area (Å²) in [5.74, 6) is -2.21. The highest BCUT2D eigenvalue weighted by molar-refractivity contribution is 6.31. The molecule has 0 saturated carbocycles. The summed E-state index contributed by atoms with van der Waals surface area (Å²) in [5, 5.41) is 16.3. The van der Waals surface area contributed by atoms with Gasteiger partial charge in [0.2, 0.25) is 11.8 Å². The fourth-order valence-corrected chi connectivity index (χ4v) is 3.15. The van der Waals surface area contributed by atoms with Crippen molar-refractivity contribution in [3.8, 4) is 11.9 Å². The Morgan fingerprint density at radius 2 is 2.31 bits per heavy atom. The molecule has 0 fully saturated rings. The van der Waals surface area contributed by atoms with Crippen molar-refractivity contribution in [3.63, 3.8) is 0 Å². The number of fused-ring (bicyclic) bond motifs is 1. The van der Waals surface area contributed by atoms with E-state index < -0.39 is 17.7 Å². The Morgan fingerprint density at radius 3 is 2.96 bits per heavy atom. The SMILES string of the molecule is CCOC(=O)Cc1[nH]nc2c1C(c1c(F)cccc1Cl)C(C#N)=C(N)O2. The van der Waals surface area contributed by atoms with Gasteiger partial charge < -0.3 is 15.2 Å². The van der Waals surface area contributed by atoms with Crippen LogP contribution in [0.3, 0.4) is 0 Å². The molecule has 1 aromatic heterocycles. The van der Waals surface area contributed by atoms with Crippen LogP contribution in [0.5, 0.6) is 5.88 Å². The van der Waals surface area contributed by atoms with Crippen molar-refractivity contribution in [2.24, 2.45) is 5.73 Å². The first-order valence-corrected chi connectivity index (χ1v) is 8.09. The number of hydrogen-bond donors (Lipinski definition) is 2. The van der Waals surface area contributed by atoms with E-state index in [1.807, 2.05) is 6.07 Å². The zero-order valence-corrected chi connectivity index (χ0v) is 14.4. The summed E-state index contributed by atoms with van der Waals surface area (Å²) in [6.45, 7) is 1.90. The smallest absolute Gasteiger partial charge is 0.311 e. The fourth-order valence-electron chi connectivity index (χ4n) is 2.87. The summed E-state index contributed by atoms with van der Waals surface area (Å²) in [6, 6.07) is 6.13. The Morgan fingerprint density at radius 1 is 1.54 bits per heavy atom. The van der Waals surface area contributed by atoms with Gasteiger partial charge in [-0.15, -0.1) is 5.10 Å².